The maximum Gasteiger partial charge on any atom is 0.416 e. The van der Waals surface area contributed by atoms with Crippen LogP contribution in [-0.2, 0) is 37.1 Å². The summed E-state index contributed by atoms with van der Waals surface area (Å²) in [6, 6.07) is 10.5. The molecule has 3 rings (SSSR count). The van der Waals surface area contributed by atoms with Crippen LogP contribution in [0.1, 0.15) is 50.4 Å². The van der Waals surface area contributed by atoms with E-state index in [9.17, 15) is 26.4 Å². The van der Waals surface area contributed by atoms with Crippen LogP contribution in [0.2, 0.25) is 0 Å². The second kappa shape index (κ2) is 9.07. The van der Waals surface area contributed by atoms with Crippen LogP contribution in [-0.4, -0.2) is 31.1 Å². The van der Waals surface area contributed by atoms with Crippen molar-refractivity contribution in [1.29, 1.82) is 0 Å². The molecule has 0 unspecified atom stereocenters. The van der Waals surface area contributed by atoms with Crippen molar-refractivity contribution in [2.75, 3.05) is 7.11 Å². The minimum absolute atomic E-state index is 0.0252. The van der Waals surface area contributed by atoms with E-state index in [0.29, 0.717) is 0 Å². The summed E-state index contributed by atoms with van der Waals surface area (Å²) in [6.45, 7) is 6.49. The smallest absolute Gasteiger partial charge is 0.416 e. The molecule has 3 aromatic rings. The molecule has 0 spiro atoms. The Kier molecular flexibility index (Phi) is 6.87. The van der Waals surface area contributed by atoms with E-state index in [1.165, 1.54) is 39.2 Å². The van der Waals surface area contributed by atoms with Gasteiger partial charge in [0, 0.05) is 5.39 Å². The van der Waals surface area contributed by atoms with Gasteiger partial charge in [-0.1, -0.05) is 26.0 Å². The Morgan fingerprint density at radius 2 is 1.65 bits per heavy atom. The van der Waals surface area contributed by atoms with Crippen molar-refractivity contribution >= 4 is 26.9 Å². The van der Waals surface area contributed by atoms with Crippen molar-refractivity contribution in [2.24, 2.45) is 0 Å². The van der Waals surface area contributed by atoms with E-state index in [4.69, 9.17) is 9.47 Å². The van der Waals surface area contributed by atoms with Crippen LogP contribution in [0.15, 0.2) is 53.4 Å². The van der Waals surface area contributed by atoms with Gasteiger partial charge in [0.25, 0.3) is 10.0 Å². The van der Waals surface area contributed by atoms with E-state index in [0.717, 1.165) is 27.7 Å². The van der Waals surface area contributed by atoms with Crippen molar-refractivity contribution in [3.05, 3.63) is 65.4 Å². The number of nitrogens with zero attached hydrogens (tertiary/aromatic N) is 1. The quantitative estimate of drug-likeness (QED) is 0.404. The number of alkyl halides is 3. The van der Waals surface area contributed by atoms with Crippen molar-refractivity contribution in [3.8, 4) is 0 Å². The molecule has 0 fully saturated rings. The maximum atomic E-state index is 13.6. The van der Waals surface area contributed by atoms with E-state index < -0.39 is 33.3 Å². The minimum atomic E-state index is -4.59. The average Bonchev–Trinajstić information content (AvgIpc) is 3.15. The van der Waals surface area contributed by atoms with Gasteiger partial charge < -0.3 is 9.47 Å². The SMILES string of the molecule is COC(=O)C(C)(C)OCc1cc2cc(C(F)(F)F)ccc2n1S(=O)(=O)c1ccc(C(C)C)cc1. The number of halogens is 3. The molecule has 1 aromatic heterocycles. The third-order valence-corrected chi connectivity index (χ3v) is 7.28. The lowest BCUT2D eigenvalue weighted by Gasteiger charge is -2.22. The molecular formula is C24H26F3NO5S. The fourth-order valence-corrected chi connectivity index (χ4v) is 5.03. The van der Waals surface area contributed by atoms with Crippen LogP contribution in [0.5, 0.6) is 0 Å². The van der Waals surface area contributed by atoms with E-state index in [1.807, 2.05) is 13.8 Å². The van der Waals surface area contributed by atoms with Crippen LogP contribution in [0.3, 0.4) is 0 Å². The molecular weight excluding hydrogens is 471 g/mol. The largest absolute Gasteiger partial charge is 0.467 e. The molecule has 0 radical (unpaired) electrons. The van der Waals surface area contributed by atoms with Crippen LogP contribution in [0.25, 0.3) is 10.9 Å². The molecule has 0 aliphatic carbocycles. The summed E-state index contributed by atoms with van der Waals surface area (Å²) in [4.78, 5) is 11.9. The normalized spacial score (nSPS) is 13.0. The summed E-state index contributed by atoms with van der Waals surface area (Å²) >= 11 is 0. The van der Waals surface area contributed by atoms with Crippen LogP contribution < -0.4 is 0 Å². The summed E-state index contributed by atoms with van der Waals surface area (Å²) in [7, 11) is -3.01. The average molecular weight is 498 g/mol. The summed E-state index contributed by atoms with van der Waals surface area (Å²) in [6.07, 6.45) is -4.59. The Hall–Kier alpha value is -2.85. The van der Waals surface area contributed by atoms with Gasteiger partial charge in [-0.15, -0.1) is 0 Å². The number of ether oxygens (including phenoxy) is 2. The van der Waals surface area contributed by atoms with E-state index in [1.54, 1.807) is 12.1 Å². The number of esters is 1. The summed E-state index contributed by atoms with van der Waals surface area (Å²) in [5, 5.41) is 0.0756. The van der Waals surface area contributed by atoms with E-state index in [-0.39, 0.29) is 34.0 Å². The van der Waals surface area contributed by atoms with Gasteiger partial charge in [-0.05, 0) is 61.7 Å². The van der Waals surface area contributed by atoms with Gasteiger partial charge in [-0.25, -0.2) is 17.2 Å². The highest BCUT2D eigenvalue weighted by atomic mass is 32.2. The molecule has 0 atom stereocenters. The Bertz CT molecular complexity index is 1310. The zero-order valence-corrected chi connectivity index (χ0v) is 20.3. The monoisotopic (exact) mass is 497 g/mol. The Balaban J connectivity index is 2.17. The first-order chi connectivity index (χ1) is 15.7. The number of carbonyl (C=O) groups excluding carboxylic acids is 1. The first kappa shape index (κ1) is 25.8. The fraction of sp³-hybridized carbons (Fsp3) is 0.375. The number of benzene rings is 2. The highest BCUT2D eigenvalue weighted by Crippen LogP contribution is 2.34. The van der Waals surface area contributed by atoms with Gasteiger partial charge in [0.1, 0.15) is 0 Å². The highest BCUT2D eigenvalue weighted by Gasteiger charge is 2.33. The number of fused-ring (bicyclic) bond motifs is 1. The molecule has 6 nitrogen and oxygen atoms in total. The lowest BCUT2D eigenvalue weighted by molar-refractivity contribution is -0.166. The Morgan fingerprint density at radius 3 is 2.18 bits per heavy atom. The van der Waals surface area contributed by atoms with Gasteiger partial charge >= 0.3 is 12.1 Å². The molecule has 0 aliphatic rings. The molecule has 0 saturated heterocycles. The molecule has 2 aromatic carbocycles. The Labute approximate surface area is 196 Å². The number of rotatable bonds is 7. The van der Waals surface area contributed by atoms with Crippen molar-refractivity contribution in [1.82, 2.24) is 3.97 Å². The second-order valence-corrected chi connectivity index (χ2v) is 10.5. The molecule has 0 amide bonds. The zero-order valence-electron chi connectivity index (χ0n) is 19.4. The number of methoxy groups -OCH3 is 1. The van der Waals surface area contributed by atoms with E-state index >= 15 is 0 Å². The number of aromatic nitrogens is 1. The molecule has 0 bridgehead atoms. The van der Waals surface area contributed by atoms with Gasteiger partial charge in [0.2, 0.25) is 0 Å². The Morgan fingerprint density at radius 1 is 1.03 bits per heavy atom. The lowest BCUT2D eigenvalue weighted by atomic mass is 10.0. The van der Waals surface area contributed by atoms with Crippen molar-refractivity contribution in [3.63, 3.8) is 0 Å². The second-order valence-electron chi connectivity index (χ2n) is 8.69. The molecule has 0 N–H and O–H groups in total. The molecule has 1 heterocycles. The maximum absolute atomic E-state index is 13.6. The summed E-state index contributed by atoms with van der Waals surface area (Å²) in [5.74, 6) is -0.490. The number of carbonyl (C=O) groups is 1. The fourth-order valence-electron chi connectivity index (χ4n) is 3.50. The third kappa shape index (κ3) is 4.97. The van der Waals surface area contributed by atoms with Crippen LogP contribution in [0, 0.1) is 0 Å². The predicted octanol–water partition coefficient (Wildman–Crippen LogP) is 5.49. The molecule has 0 aliphatic heterocycles. The van der Waals surface area contributed by atoms with Crippen molar-refractivity contribution in [2.45, 2.75) is 56.9 Å². The molecule has 0 saturated carbocycles. The van der Waals surface area contributed by atoms with Gasteiger partial charge in [0.15, 0.2) is 5.60 Å². The third-order valence-electron chi connectivity index (χ3n) is 5.50. The van der Waals surface area contributed by atoms with Crippen molar-refractivity contribution < 1.29 is 35.9 Å². The van der Waals surface area contributed by atoms with Gasteiger partial charge in [0.05, 0.1) is 35.4 Å². The number of hydrogen-bond donors (Lipinski definition) is 0. The molecule has 10 heteroatoms. The lowest BCUT2D eigenvalue weighted by Crippen LogP contribution is -2.36. The van der Waals surface area contributed by atoms with E-state index in [2.05, 4.69) is 0 Å². The first-order valence-electron chi connectivity index (χ1n) is 10.5. The highest BCUT2D eigenvalue weighted by molar-refractivity contribution is 7.90. The minimum Gasteiger partial charge on any atom is -0.467 e. The summed E-state index contributed by atoms with van der Waals surface area (Å²) < 4.78 is 78.3. The summed E-state index contributed by atoms with van der Waals surface area (Å²) in [5.41, 5.74) is -1.24. The van der Waals surface area contributed by atoms with Gasteiger partial charge in [-0.3, -0.25) is 0 Å². The standard InChI is InChI=1S/C24H26F3NO5S/c1-15(2)16-6-9-20(10-7-16)34(30,31)28-19(14-33-23(3,4)22(29)32-5)13-17-12-18(24(25,26)27)8-11-21(17)28/h6-13,15H,14H2,1-5H3. The van der Waals surface area contributed by atoms with Gasteiger partial charge in [-0.2, -0.15) is 13.2 Å². The van der Waals surface area contributed by atoms with Crippen LogP contribution in [0.4, 0.5) is 13.2 Å². The van der Waals surface area contributed by atoms with Crippen LogP contribution >= 0.6 is 0 Å². The topological polar surface area (TPSA) is 74.6 Å². The molecule has 34 heavy (non-hydrogen) atoms. The molecule has 184 valence electrons. The number of hydrogen-bond acceptors (Lipinski definition) is 5. The zero-order chi connectivity index (χ0) is 25.5. The first-order valence-corrected chi connectivity index (χ1v) is 11.9. The predicted molar refractivity (Wildman–Crippen MR) is 121 cm³/mol.